The first-order chi connectivity index (χ1) is 7.38. The molecule has 0 spiro atoms. The number of fused-ring (bicyclic) bond motifs is 1. The van der Waals surface area contributed by atoms with Crippen LogP contribution in [0.5, 0.6) is 0 Å². The van der Waals surface area contributed by atoms with Gasteiger partial charge >= 0.3 is 0 Å². The largest absolute Gasteiger partial charge is 0.383 e. The molecule has 16 heavy (non-hydrogen) atoms. The van der Waals surface area contributed by atoms with Crippen LogP contribution in [-0.4, -0.2) is 11.8 Å². The van der Waals surface area contributed by atoms with Crippen LogP contribution in [0.4, 0.5) is 5.69 Å². The van der Waals surface area contributed by atoms with E-state index < -0.39 is 0 Å². The molecule has 2 heteroatoms. The second kappa shape index (κ2) is 3.99. The number of anilines is 1. The van der Waals surface area contributed by atoms with Crippen LogP contribution in [0.15, 0.2) is 17.0 Å². The molecule has 0 saturated heterocycles. The third kappa shape index (κ3) is 2.22. The van der Waals surface area contributed by atoms with Crippen LogP contribution in [0.25, 0.3) is 0 Å². The second-order valence-corrected chi connectivity index (χ2v) is 7.02. The van der Waals surface area contributed by atoms with E-state index in [-0.39, 0.29) is 0 Å². The van der Waals surface area contributed by atoms with Gasteiger partial charge in [-0.05, 0) is 36.5 Å². The number of benzene rings is 1. The number of hydrogen-bond acceptors (Lipinski definition) is 2. The Morgan fingerprint density at radius 2 is 1.94 bits per heavy atom. The van der Waals surface area contributed by atoms with Crippen LogP contribution in [0.3, 0.4) is 0 Å². The van der Waals surface area contributed by atoms with Gasteiger partial charge in [-0.3, -0.25) is 0 Å². The molecular weight excluding hydrogens is 214 g/mol. The Bertz CT molecular complexity index is 404. The van der Waals surface area contributed by atoms with Gasteiger partial charge in [0.1, 0.15) is 0 Å². The SMILES string of the molecule is Cc1cc(C)c2c(c1)NCC(C(C)(C)C)S2. The number of thioether (sulfide) groups is 1. The Labute approximate surface area is 103 Å². The van der Waals surface area contributed by atoms with Crippen molar-refractivity contribution in [2.45, 2.75) is 44.8 Å². The Morgan fingerprint density at radius 3 is 2.56 bits per heavy atom. The van der Waals surface area contributed by atoms with E-state index in [4.69, 9.17) is 0 Å². The highest BCUT2D eigenvalue weighted by atomic mass is 32.2. The summed E-state index contributed by atoms with van der Waals surface area (Å²) in [6, 6.07) is 4.53. The van der Waals surface area contributed by atoms with Crippen molar-refractivity contribution in [3.8, 4) is 0 Å². The molecule has 0 radical (unpaired) electrons. The average molecular weight is 235 g/mol. The minimum Gasteiger partial charge on any atom is -0.383 e. The summed E-state index contributed by atoms with van der Waals surface area (Å²) < 4.78 is 0. The van der Waals surface area contributed by atoms with Crippen molar-refractivity contribution in [2.75, 3.05) is 11.9 Å². The van der Waals surface area contributed by atoms with Gasteiger partial charge in [-0.25, -0.2) is 0 Å². The van der Waals surface area contributed by atoms with Gasteiger partial charge in [-0.1, -0.05) is 26.8 Å². The predicted octanol–water partition coefficient (Wildman–Crippen LogP) is 4.24. The highest BCUT2D eigenvalue weighted by Gasteiger charge is 2.30. The smallest absolute Gasteiger partial charge is 0.0484 e. The first-order valence-corrected chi connectivity index (χ1v) is 6.77. The standard InChI is InChI=1S/C14H21NS/c1-9-6-10(2)13-11(7-9)15-8-12(16-13)14(3,4)5/h6-7,12,15H,8H2,1-5H3. The maximum Gasteiger partial charge on any atom is 0.0484 e. The topological polar surface area (TPSA) is 12.0 Å². The lowest BCUT2D eigenvalue weighted by molar-refractivity contribution is 0.401. The molecule has 0 saturated carbocycles. The lowest BCUT2D eigenvalue weighted by Crippen LogP contribution is -2.33. The van der Waals surface area contributed by atoms with E-state index in [2.05, 4.69) is 52.1 Å². The number of nitrogens with one attached hydrogen (secondary N) is 1. The van der Waals surface area contributed by atoms with Crippen molar-refractivity contribution in [2.24, 2.45) is 5.41 Å². The molecule has 1 nitrogen and oxygen atoms in total. The van der Waals surface area contributed by atoms with Crippen LogP contribution >= 0.6 is 11.8 Å². The molecule has 1 aromatic carbocycles. The van der Waals surface area contributed by atoms with E-state index in [1.165, 1.54) is 21.7 Å². The Kier molecular flexibility index (Phi) is 2.95. The van der Waals surface area contributed by atoms with E-state index in [0.717, 1.165) is 6.54 Å². The maximum atomic E-state index is 3.58. The molecule has 88 valence electrons. The zero-order chi connectivity index (χ0) is 11.9. The molecule has 1 aliphatic rings. The molecule has 1 aromatic rings. The molecule has 1 aliphatic heterocycles. The van der Waals surface area contributed by atoms with E-state index in [1.807, 2.05) is 11.8 Å². The van der Waals surface area contributed by atoms with Gasteiger partial charge in [0.2, 0.25) is 0 Å². The molecular formula is C14H21NS. The highest BCUT2D eigenvalue weighted by Crippen LogP contribution is 2.43. The highest BCUT2D eigenvalue weighted by molar-refractivity contribution is 8.00. The van der Waals surface area contributed by atoms with Gasteiger partial charge in [0.05, 0.1) is 0 Å². The first-order valence-electron chi connectivity index (χ1n) is 5.90. The molecule has 2 rings (SSSR count). The molecule has 1 heterocycles. The summed E-state index contributed by atoms with van der Waals surface area (Å²) in [5.41, 5.74) is 4.43. The fraction of sp³-hybridized carbons (Fsp3) is 0.571. The summed E-state index contributed by atoms with van der Waals surface area (Å²) in [5.74, 6) is 0. The quantitative estimate of drug-likeness (QED) is 0.722. The van der Waals surface area contributed by atoms with Crippen molar-refractivity contribution in [1.29, 1.82) is 0 Å². The van der Waals surface area contributed by atoms with E-state index in [1.54, 1.807) is 0 Å². The molecule has 1 N–H and O–H groups in total. The van der Waals surface area contributed by atoms with E-state index in [9.17, 15) is 0 Å². The van der Waals surface area contributed by atoms with Gasteiger partial charge in [-0.2, -0.15) is 0 Å². The fourth-order valence-corrected chi connectivity index (χ4v) is 3.42. The summed E-state index contributed by atoms with van der Waals surface area (Å²) in [4.78, 5) is 1.44. The maximum absolute atomic E-state index is 3.58. The lowest BCUT2D eigenvalue weighted by Gasteiger charge is -2.35. The Hall–Kier alpha value is -0.630. The van der Waals surface area contributed by atoms with Crippen LogP contribution in [0.1, 0.15) is 31.9 Å². The van der Waals surface area contributed by atoms with Crippen LogP contribution < -0.4 is 5.32 Å². The zero-order valence-corrected chi connectivity index (χ0v) is 11.7. The van der Waals surface area contributed by atoms with Crippen LogP contribution in [0.2, 0.25) is 0 Å². The van der Waals surface area contributed by atoms with Crippen molar-refractivity contribution >= 4 is 17.4 Å². The van der Waals surface area contributed by atoms with E-state index in [0.29, 0.717) is 10.7 Å². The Balaban J connectivity index is 2.34. The first kappa shape index (κ1) is 11.8. The number of rotatable bonds is 0. The Morgan fingerprint density at radius 1 is 1.25 bits per heavy atom. The van der Waals surface area contributed by atoms with Gasteiger partial charge in [-0.15, -0.1) is 11.8 Å². The lowest BCUT2D eigenvalue weighted by atomic mass is 9.91. The van der Waals surface area contributed by atoms with Gasteiger partial charge < -0.3 is 5.32 Å². The summed E-state index contributed by atoms with van der Waals surface area (Å²) >= 11 is 2.04. The van der Waals surface area contributed by atoms with Crippen molar-refractivity contribution in [3.05, 3.63) is 23.3 Å². The third-order valence-electron chi connectivity index (χ3n) is 3.12. The molecule has 0 fully saturated rings. The monoisotopic (exact) mass is 235 g/mol. The van der Waals surface area contributed by atoms with Crippen molar-refractivity contribution in [1.82, 2.24) is 0 Å². The number of hydrogen-bond donors (Lipinski definition) is 1. The summed E-state index contributed by atoms with van der Waals surface area (Å²) in [7, 11) is 0. The second-order valence-electron chi connectivity index (χ2n) is 5.81. The minimum absolute atomic E-state index is 0.354. The molecule has 1 unspecified atom stereocenters. The average Bonchev–Trinajstić information content (AvgIpc) is 2.15. The van der Waals surface area contributed by atoms with Gasteiger partial charge in [0.15, 0.2) is 0 Å². The van der Waals surface area contributed by atoms with E-state index >= 15 is 0 Å². The predicted molar refractivity (Wildman–Crippen MR) is 73.5 cm³/mol. The van der Waals surface area contributed by atoms with Crippen LogP contribution in [0, 0.1) is 19.3 Å². The van der Waals surface area contributed by atoms with Gasteiger partial charge in [0.25, 0.3) is 0 Å². The third-order valence-corrected chi connectivity index (χ3v) is 5.06. The molecule has 0 bridgehead atoms. The molecule has 0 aromatic heterocycles. The normalized spacial score (nSPS) is 20.2. The van der Waals surface area contributed by atoms with Crippen molar-refractivity contribution < 1.29 is 0 Å². The van der Waals surface area contributed by atoms with Gasteiger partial charge in [0, 0.05) is 22.4 Å². The summed E-state index contributed by atoms with van der Waals surface area (Å²) in [5, 5.41) is 4.23. The molecule has 0 amide bonds. The summed E-state index contributed by atoms with van der Waals surface area (Å²) in [6.45, 7) is 12.4. The zero-order valence-electron chi connectivity index (χ0n) is 10.8. The van der Waals surface area contributed by atoms with Crippen molar-refractivity contribution in [3.63, 3.8) is 0 Å². The summed E-state index contributed by atoms with van der Waals surface area (Å²) in [6.07, 6.45) is 0. The fourth-order valence-electron chi connectivity index (χ4n) is 2.11. The number of aryl methyl sites for hydroxylation is 2. The minimum atomic E-state index is 0.354. The van der Waals surface area contributed by atoms with Crippen LogP contribution in [-0.2, 0) is 0 Å². The molecule has 0 aliphatic carbocycles. The molecule has 1 atom stereocenters.